The monoisotopic (exact) mass is 387 g/mol. The summed E-state index contributed by atoms with van der Waals surface area (Å²) >= 11 is 7.33. The van der Waals surface area contributed by atoms with E-state index in [-0.39, 0.29) is 5.91 Å². The molecule has 26 heavy (non-hydrogen) atoms. The van der Waals surface area contributed by atoms with Gasteiger partial charge in [-0.3, -0.25) is 9.78 Å². The second-order valence-corrected chi connectivity index (χ2v) is 7.38. The smallest absolute Gasteiger partial charge is 0.267 e. The summed E-state index contributed by atoms with van der Waals surface area (Å²) in [6.45, 7) is 5.94. The molecular formula is C19H18ClN3O2S. The van der Waals surface area contributed by atoms with E-state index in [1.807, 2.05) is 39.0 Å². The third kappa shape index (κ3) is 4.39. The van der Waals surface area contributed by atoms with Crippen LogP contribution in [0.5, 0.6) is 5.75 Å². The van der Waals surface area contributed by atoms with E-state index < -0.39 is 0 Å². The molecule has 7 heteroatoms. The van der Waals surface area contributed by atoms with Crippen LogP contribution in [0.2, 0.25) is 5.02 Å². The molecule has 0 saturated carbocycles. The van der Waals surface area contributed by atoms with Gasteiger partial charge in [0.25, 0.3) is 5.91 Å². The molecule has 134 valence electrons. The average molecular weight is 388 g/mol. The number of halogens is 1. The van der Waals surface area contributed by atoms with Crippen LogP contribution in [-0.2, 0) is 6.61 Å². The molecule has 1 N–H and O–H groups in total. The minimum atomic E-state index is -0.200. The van der Waals surface area contributed by atoms with Gasteiger partial charge in [-0.25, -0.2) is 4.98 Å². The molecule has 3 aromatic rings. The molecule has 0 aliphatic rings. The third-order valence-corrected chi connectivity index (χ3v) is 5.11. The number of aromatic nitrogens is 2. The Morgan fingerprint density at radius 1 is 1.23 bits per heavy atom. The lowest BCUT2D eigenvalue weighted by molar-refractivity contribution is 0.102. The van der Waals surface area contributed by atoms with Crippen molar-refractivity contribution in [3.8, 4) is 5.75 Å². The highest BCUT2D eigenvalue weighted by Gasteiger charge is 2.16. The predicted molar refractivity (Wildman–Crippen MR) is 104 cm³/mol. The van der Waals surface area contributed by atoms with Crippen molar-refractivity contribution in [2.45, 2.75) is 27.4 Å². The second kappa shape index (κ2) is 7.85. The summed E-state index contributed by atoms with van der Waals surface area (Å²) < 4.78 is 5.68. The quantitative estimate of drug-likeness (QED) is 0.672. The molecule has 3 rings (SSSR count). The number of benzene rings is 1. The second-order valence-electron chi connectivity index (χ2n) is 5.86. The van der Waals surface area contributed by atoms with E-state index in [1.54, 1.807) is 18.3 Å². The van der Waals surface area contributed by atoms with Crippen LogP contribution in [-0.4, -0.2) is 15.9 Å². The maximum Gasteiger partial charge on any atom is 0.267 e. The van der Waals surface area contributed by atoms with Crippen molar-refractivity contribution in [1.82, 2.24) is 9.97 Å². The van der Waals surface area contributed by atoms with E-state index in [0.29, 0.717) is 33.6 Å². The minimum absolute atomic E-state index is 0.200. The van der Waals surface area contributed by atoms with Gasteiger partial charge >= 0.3 is 0 Å². The highest BCUT2D eigenvalue weighted by atomic mass is 35.5. The fraction of sp³-hybridized carbons (Fsp3) is 0.211. The van der Waals surface area contributed by atoms with Crippen molar-refractivity contribution in [3.05, 3.63) is 68.4 Å². The zero-order chi connectivity index (χ0) is 18.7. The number of pyridine rings is 1. The van der Waals surface area contributed by atoms with E-state index >= 15 is 0 Å². The van der Waals surface area contributed by atoms with Crippen molar-refractivity contribution >= 4 is 34.5 Å². The summed E-state index contributed by atoms with van der Waals surface area (Å²) in [5.41, 5.74) is 3.24. The van der Waals surface area contributed by atoms with Gasteiger partial charge in [0.15, 0.2) is 0 Å². The number of ether oxygens (including phenoxy) is 1. The summed E-state index contributed by atoms with van der Waals surface area (Å²) in [5.74, 6) is 0.470. The zero-order valence-electron chi connectivity index (χ0n) is 14.7. The largest absolute Gasteiger partial charge is 0.485 e. The van der Waals surface area contributed by atoms with Crippen LogP contribution in [0, 0.1) is 20.8 Å². The molecule has 0 atom stereocenters. The molecule has 2 heterocycles. The fourth-order valence-corrected chi connectivity index (χ4v) is 3.36. The van der Waals surface area contributed by atoms with Gasteiger partial charge in [0, 0.05) is 16.4 Å². The number of aryl methyl sites for hydroxylation is 3. The van der Waals surface area contributed by atoms with Gasteiger partial charge in [0.1, 0.15) is 22.2 Å². The zero-order valence-corrected chi connectivity index (χ0v) is 16.2. The number of carbonyl (C=O) groups is 1. The van der Waals surface area contributed by atoms with Crippen LogP contribution in [0.15, 0.2) is 36.5 Å². The van der Waals surface area contributed by atoms with Gasteiger partial charge in [0.05, 0.1) is 11.9 Å². The van der Waals surface area contributed by atoms with E-state index in [9.17, 15) is 4.79 Å². The van der Waals surface area contributed by atoms with Crippen LogP contribution >= 0.6 is 22.9 Å². The molecule has 1 amide bonds. The Balaban J connectivity index is 1.69. The Morgan fingerprint density at radius 3 is 2.77 bits per heavy atom. The molecule has 0 saturated heterocycles. The van der Waals surface area contributed by atoms with Gasteiger partial charge < -0.3 is 10.1 Å². The normalized spacial score (nSPS) is 10.6. The highest BCUT2D eigenvalue weighted by Crippen LogP contribution is 2.24. The summed E-state index contributed by atoms with van der Waals surface area (Å²) in [6, 6.07) is 9.14. The van der Waals surface area contributed by atoms with Crippen molar-refractivity contribution in [3.63, 3.8) is 0 Å². The summed E-state index contributed by atoms with van der Waals surface area (Å²) in [5, 5.41) is 4.21. The minimum Gasteiger partial charge on any atom is -0.485 e. The number of nitrogens with one attached hydrogen (secondary N) is 1. The molecule has 0 aliphatic carbocycles. The van der Waals surface area contributed by atoms with Crippen LogP contribution in [0.3, 0.4) is 0 Å². The Kier molecular flexibility index (Phi) is 5.54. The fourth-order valence-electron chi connectivity index (χ4n) is 2.32. The highest BCUT2D eigenvalue weighted by molar-refractivity contribution is 7.13. The van der Waals surface area contributed by atoms with Crippen LogP contribution in [0.1, 0.15) is 31.6 Å². The van der Waals surface area contributed by atoms with Gasteiger partial charge in [-0.05, 0) is 50.6 Å². The molecule has 5 nitrogen and oxygen atoms in total. The van der Waals surface area contributed by atoms with Crippen molar-refractivity contribution in [1.29, 1.82) is 0 Å². The molecule has 1 aromatic carbocycles. The summed E-state index contributed by atoms with van der Waals surface area (Å²) in [4.78, 5) is 21.8. The average Bonchev–Trinajstić information content (AvgIpc) is 2.98. The Hall–Kier alpha value is -2.44. The first-order chi connectivity index (χ1) is 12.4. The summed E-state index contributed by atoms with van der Waals surface area (Å²) in [7, 11) is 0. The van der Waals surface area contributed by atoms with Gasteiger partial charge in [-0.1, -0.05) is 17.7 Å². The number of amides is 1. The lowest BCUT2D eigenvalue weighted by atomic mass is 10.2. The number of anilines is 1. The molecule has 0 radical (unpaired) electrons. The number of rotatable bonds is 5. The number of thiazole rings is 1. The maximum atomic E-state index is 12.6. The van der Waals surface area contributed by atoms with Gasteiger partial charge in [-0.15, -0.1) is 11.3 Å². The van der Waals surface area contributed by atoms with Crippen LogP contribution < -0.4 is 10.1 Å². The molecule has 2 aromatic heterocycles. The first-order valence-electron chi connectivity index (χ1n) is 8.01. The SMILES string of the molecule is Cc1ccc(OCc2nc(C)c(C(=O)Nc3cc(Cl)ccc3C)s2)cn1. The molecular weight excluding hydrogens is 370 g/mol. The lowest BCUT2D eigenvalue weighted by Crippen LogP contribution is -2.12. The van der Waals surface area contributed by atoms with Crippen molar-refractivity contribution in [2.24, 2.45) is 0 Å². The topological polar surface area (TPSA) is 64.1 Å². The van der Waals surface area contributed by atoms with Crippen molar-refractivity contribution < 1.29 is 9.53 Å². The predicted octanol–water partition coefficient (Wildman–Crippen LogP) is 4.95. The first kappa shape index (κ1) is 18.4. The van der Waals surface area contributed by atoms with E-state index in [4.69, 9.17) is 16.3 Å². The molecule has 0 bridgehead atoms. The molecule has 0 fully saturated rings. The maximum absolute atomic E-state index is 12.6. The third-order valence-electron chi connectivity index (χ3n) is 3.74. The molecule has 0 spiro atoms. The first-order valence-corrected chi connectivity index (χ1v) is 9.21. The van der Waals surface area contributed by atoms with Crippen molar-refractivity contribution in [2.75, 3.05) is 5.32 Å². The van der Waals surface area contributed by atoms with Gasteiger partial charge in [-0.2, -0.15) is 0 Å². The standard InChI is InChI=1S/C19H18ClN3O2S/c1-11-4-6-14(20)8-16(11)23-19(24)18-13(3)22-17(26-18)10-25-15-7-5-12(2)21-9-15/h4-9H,10H2,1-3H3,(H,23,24). The Labute approximate surface area is 161 Å². The molecule has 0 aliphatic heterocycles. The van der Waals surface area contributed by atoms with E-state index in [1.165, 1.54) is 11.3 Å². The molecule has 0 unspecified atom stereocenters. The lowest BCUT2D eigenvalue weighted by Gasteiger charge is -2.08. The Morgan fingerprint density at radius 2 is 2.04 bits per heavy atom. The van der Waals surface area contributed by atoms with E-state index in [0.717, 1.165) is 16.3 Å². The van der Waals surface area contributed by atoms with E-state index in [2.05, 4.69) is 15.3 Å². The van der Waals surface area contributed by atoms with Gasteiger partial charge in [0.2, 0.25) is 0 Å². The summed E-state index contributed by atoms with van der Waals surface area (Å²) in [6.07, 6.45) is 1.67. The number of hydrogen-bond acceptors (Lipinski definition) is 5. The number of nitrogens with zero attached hydrogens (tertiary/aromatic N) is 2. The van der Waals surface area contributed by atoms with Crippen LogP contribution in [0.4, 0.5) is 5.69 Å². The number of hydrogen-bond donors (Lipinski definition) is 1. The van der Waals surface area contributed by atoms with Crippen LogP contribution in [0.25, 0.3) is 0 Å². The Bertz CT molecular complexity index is 938. The number of carbonyl (C=O) groups excluding carboxylic acids is 1.